The van der Waals surface area contributed by atoms with Crippen LogP contribution in [0, 0.1) is 24.7 Å². The number of hydrogen-bond donors (Lipinski definition) is 2. The predicted octanol–water partition coefficient (Wildman–Crippen LogP) is 3.17. The number of benzene rings is 1. The standard InChI is InChI=1S/C32H46N2O7/c1-21-8-9-24(17-28(21)36)16-27(33-31(39)22(2)14-26(35)19-34-10-12-40-13-11-34)29(37)18-25(15-23-6-4-5-7-23)30(38)32(3)20-41-32/h8-9,17,22-23,25,27,36H,4-7,10-16,18-20H2,1-3H3,(H,33,39)/t22-,25-,27+,32-/m1/s1. The van der Waals surface area contributed by atoms with Crippen molar-refractivity contribution in [3.63, 3.8) is 0 Å². The van der Waals surface area contributed by atoms with Gasteiger partial charge in [0.1, 0.15) is 17.1 Å². The highest BCUT2D eigenvalue weighted by atomic mass is 16.6. The monoisotopic (exact) mass is 570 g/mol. The van der Waals surface area contributed by atoms with Crippen LogP contribution in [0.3, 0.4) is 0 Å². The minimum Gasteiger partial charge on any atom is -0.508 e. The van der Waals surface area contributed by atoms with Crippen molar-refractivity contribution in [1.29, 1.82) is 0 Å². The summed E-state index contributed by atoms with van der Waals surface area (Å²) in [5, 5.41) is 13.2. The summed E-state index contributed by atoms with van der Waals surface area (Å²) in [6.45, 7) is 8.49. The SMILES string of the molecule is Cc1ccc(C[C@H](NC(=O)[C@H](C)CC(=O)CN2CCOCC2)C(=O)C[C@@H](CC2CCCC2)C(=O)[C@@]2(C)CO2)cc1O. The number of phenolic OH excluding ortho intramolecular Hbond substituents is 1. The molecule has 0 unspecified atom stereocenters. The third-order valence-corrected chi connectivity index (χ3v) is 8.91. The number of carbonyl (C=O) groups excluding carboxylic acids is 4. The van der Waals surface area contributed by atoms with Crippen LogP contribution in [-0.4, -0.2) is 84.4 Å². The van der Waals surface area contributed by atoms with Gasteiger partial charge in [-0.1, -0.05) is 44.7 Å². The molecule has 0 aromatic heterocycles. The lowest BCUT2D eigenvalue weighted by atomic mass is 9.81. The Morgan fingerprint density at radius 2 is 1.80 bits per heavy atom. The number of hydrogen-bond acceptors (Lipinski definition) is 8. The van der Waals surface area contributed by atoms with Crippen molar-refractivity contribution in [3.8, 4) is 5.75 Å². The number of nitrogens with one attached hydrogen (secondary N) is 1. The first kappa shape index (κ1) is 31.3. The number of rotatable bonds is 15. The molecule has 9 nitrogen and oxygen atoms in total. The third kappa shape index (κ3) is 8.93. The Morgan fingerprint density at radius 1 is 1.12 bits per heavy atom. The van der Waals surface area contributed by atoms with Gasteiger partial charge in [-0.05, 0) is 49.8 Å². The normalized spacial score (nSPS) is 23.5. The molecule has 0 radical (unpaired) electrons. The molecule has 4 rings (SSSR count). The Labute approximate surface area is 243 Å². The van der Waals surface area contributed by atoms with Gasteiger partial charge in [0.15, 0.2) is 11.6 Å². The molecule has 3 aliphatic rings. The van der Waals surface area contributed by atoms with Crippen LogP contribution in [0.4, 0.5) is 0 Å². The first-order valence-electron chi connectivity index (χ1n) is 15.2. The molecule has 3 fully saturated rings. The van der Waals surface area contributed by atoms with Gasteiger partial charge < -0.3 is 19.9 Å². The highest BCUT2D eigenvalue weighted by Gasteiger charge is 2.50. The second-order valence-electron chi connectivity index (χ2n) is 12.6. The Morgan fingerprint density at radius 3 is 2.44 bits per heavy atom. The van der Waals surface area contributed by atoms with Crippen molar-refractivity contribution in [2.24, 2.45) is 17.8 Å². The van der Waals surface area contributed by atoms with E-state index in [1.54, 1.807) is 32.9 Å². The van der Waals surface area contributed by atoms with Crippen molar-refractivity contribution < 1.29 is 33.8 Å². The van der Waals surface area contributed by atoms with Gasteiger partial charge in [0.2, 0.25) is 5.91 Å². The summed E-state index contributed by atoms with van der Waals surface area (Å²) in [7, 11) is 0. The van der Waals surface area contributed by atoms with Gasteiger partial charge in [-0.25, -0.2) is 0 Å². The van der Waals surface area contributed by atoms with Crippen molar-refractivity contribution in [2.75, 3.05) is 39.5 Å². The topological polar surface area (TPSA) is 126 Å². The minimum absolute atomic E-state index is 0.0271. The van der Waals surface area contributed by atoms with E-state index in [9.17, 15) is 24.3 Å². The van der Waals surface area contributed by atoms with Crippen molar-refractivity contribution in [3.05, 3.63) is 29.3 Å². The van der Waals surface area contributed by atoms with Gasteiger partial charge >= 0.3 is 0 Å². The molecule has 2 N–H and O–H groups in total. The molecule has 41 heavy (non-hydrogen) atoms. The quantitative estimate of drug-likeness (QED) is 0.308. The van der Waals surface area contributed by atoms with Gasteiger partial charge in [0.25, 0.3) is 0 Å². The largest absolute Gasteiger partial charge is 0.508 e. The van der Waals surface area contributed by atoms with Gasteiger partial charge in [0.05, 0.1) is 32.4 Å². The Balaban J connectivity index is 1.44. The van der Waals surface area contributed by atoms with E-state index in [0.29, 0.717) is 56.4 Å². The van der Waals surface area contributed by atoms with Crippen LogP contribution in [-0.2, 0) is 35.1 Å². The fourth-order valence-corrected chi connectivity index (χ4v) is 6.08. The number of Topliss-reactive ketones (excluding diaryl/α,β-unsaturated/α-hetero) is 3. The molecule has 4 atom stereocenters. The molecule has 9 heteroatoms. The van der Waals surface area contributed by atoms with Gasteiger partial charge in [-0.2, -0.15) is 0 Å². The molecule has 2 heterocycles. The molecule has 2 aliphatic heterocycles. The predicted molar refractivity (Wildman–Crippen MR) is 154 cm³/mol. The zero-order valence-corrected chi connectivity index (χ0v) is 24.8. The van der Waals surface area contributed by atoms with Crippen molar-refractivity contribution >= 4 is 23.3 Å². The second kappa shape index (κ2) is 14.0. The first-order valence-corrected chi connectivity index (χ1v) is 15.2. The van der Waals surface area contributed by atoms with Crippen LogP contribution in [0.2, 0.25) is 0 Å². The smallest absolute Gasteiger partial charge is 0.223 e. The van der Waals surface area contributed by atoms with E-state index >= 15 is 0 Å². The van der Waals surface area contributed by atoms with Crippen LogP contribution < -0.4 is 5.32 Å². The second-order valence-corrected chi connectivity index (χ2v) is 12.6. The summed E-state index contributed by atoms with van der Waals surface area (Å²) in [5.41, 5.74) is 0.604. The molecular weight excluding hydrogens is 524 g/mol. The van der Waals surface area contributed by atoms with E-state index < -0.39 is 23.5 Å². The van der Waals surface area contributed by atoms with E-state index in [1.807, 2.05) is 11.0 Å². The molecule has 2 saturated heterocycles. The average molecular weight is 571 g/mol. The van der Waals surface area contributed by atoms with E-state index in [4.69, 9.17) is 9.47 Å². The van der Waals surface area contributed by atoms with E-state index in [1.165, 1.54) is 0 Å². The van der Waals surface area contributed by atoms with Crippen LogP contribution in [0.15, 0.2) is 18.2 Å². The number of aryl methyl sites for hydroxylation is 1. The highest BCUT2D eigenvalue weighted by Crippen LogP contribution is 2.37. The maximum Gasteiger partial charge on any atom is 0.223 e. The number of amides is 1. The molecule has 1 aromatic carbocycles. The number of carbonyl (C=O) groups is 4. The zero-order valence-electron chi connectivity index (χ0n) is 24.8. The molecule has 1 aromatic rings. The number of ether oxygens (including phenoxy) is 2. The summed E-state index contributed by atoms with van der Waals surface area (Å²) in [4.78, 5) is 55.2. The zero-order chi connectivity index (χ0) is 29.6. The number of aromatic hydroxyl groups is 1. The van der Waals surface area contributed by atoms with E-state index in [-0.39, 0.29) is 54.8 Å². The molecule has 226 valence electrons. The summed E-state index contributed by atoms with van der Waals surface area (Å²) in [6.07, 6.45) is 5.36. The molecule has 0 spiro atoms. The average Bonchev–Trinajstić information content (AvgIpc) is 3.48. The van der Waals surface area contributed by atoms with Crippen molar-refractivity contribution in [1.82, 2.24) is 10.2 Å². The number of morpholine rings is 1. The van der Waals surface area contributed by atoms with Crippen LogP contribution in [0.5, 0.6) is 5.75 Å². The van der Waals surface area contributed by atoms with Crippen molar-refractivity contribution in [2.45, 2.75) is 83.8 Å². The van der Waals surface area contributed by atoms with Crippen LogP contribution >= 0.6 is 0 Å². The minimum atomic E-state index is -0.881. The number of epoxide rings is 1. The molecule has 1 aliphatic carbocycles. The van der Waals surface area contributed by atoms with Crippen LogP contribution in [0.1, 0.15) is 69.9 Å². The molecular formula is C32H46N2O7. The van der Waals surface area contributed by atoms with Gasteiger partial charge in [0, 0.05) is 37.8 Å². The number of phenols is 1. The van der Waals surface area contributed by atoms with Gasteiger partial charge in [-0.15, -0.1) is 0 Å². The molecule has 1 amide bonds. The summed E-state index contributed by atoms with van der Waals surface area (Å²) in [5.74, 6) is -1.18. The molecule has 1 saturated carbocycles. The summed E-state index contributed by atoms with van der Waals surface area (Å²) >= 11 is 0. The lowest BCUT2D eigenvalue weighted by molar-refractivity contribution is -0.134. The Hall–Kier alpha value is -2.62. The fraction of sp³-hybridized carbons (Fsp3) is 0.688. The first-order chi connectivity index (χ1) is 19.5. The fourth-order valence-electron chi connectivity index (χ4n) is 6.08. The number of ketones is 3. The maximum absolute atomic E-state index is 13.8. The Bertz CT molecular complexity index is 1100. The van der Waals surface area contributed by atoms with Gasteiger partial charge in [-0.3, -0.25) is 24.1 Å². The molecule has 0 bridgehead atoms. The summed E-state index contributed by atoms with van der Waals surface area (Å²) < 4.78 is 10.8. The Kier molecular flexibility index (Phi) is 10.7. The maximum atomic E-state index is 13.8. The van der Waals surface area contributed by atoms with Crippen LogP contribution in [0.25, 0.3) is 0 Å². The lowest BCUT2D eigenvalue weighted by Crippen LogP contribution is -2.46. The lowest BCUT2D eigenvalue weighted by Gasteiger charge is -2.26. The van der Waals surface area contributed by atoms with E-state index in [0.717, 1.165) is 25.7 Å². The van der Waals surface area contributed by atoms with E-state index in [2.05, 4.69) is 5.32 Å². The number of nitrogens with zero attached hydrogens (tertiary/aromatic N) is 1. The highest BCUT2D eigenvalue weighted by molar-refractivity contribution is 5.97. The summed E-state index contributed by atoms with van der Waals surface area (Å²) in [6, 6.07) is 4.33. The third-order valence-electron chi connectivity index (χ3n) is 8.91.